The van der Waals surface area contributed by atoms with Crippen LogP contribution < -0.4 is 10.2 Å². The van der Waals surface area contributed by atoms with E-state index in [1.807, 2.05) is 25.1 Å². The van der Waals surface area contributed by atoms with E-state index in [0.29, 0.717) is 48.6 Å². The first-order valence-electron chi connectivity index (χ1n) is 11.5. The summed E-state index contributed by atoms with van der Waals surface area (Å²) in [5.41, 5.74) is 1.71. The number of amides is 3. The van der Waals surface area contributed by atoms with Crippen LogP contribution >= 0.6 is 11.3 Å². The van der Waals surface area contributed by atoms with Crippen LogP contribution in [0.5, 0.6) is 0 Å². The molecule has 0 radical (unpaired) electrons. The molecule has 1 aromatic carbocycles. The lowest BCUT2D eigenvalue weighted by Gasteiger charge is -2.48. The molecule has 2 aromatic rings. The molecule has 32 heavy (non-hydrogen) atoms. The topological polar surface area (TPSA) is 82.6 Å². The van der Waals surface area contributed by atoms with E-state index in [2.05, 4.69) is 10.3 Å². The van der Waals surface area contributed by atoms with Gasteiger partial charge in [-0.15, -0.1) is 11.3 Å². The number of aryl methyl sites for hydroxylation is 2. The van der Waals surface area contributed by atoms with E-state index in [0.717, 1.165) is 25.0 Å². The molecule has 5 rings (SSSR count). The second kappa shape index (κ2) is 8.31. The van der Waals surface area contributed by atoms with E-state index >= 15 is 0 Å². The molecule has 1 fully saturated rings. The Kier molecular flexibility index (Phi) is 5.49. The summed E-state index contributed by atoms with van der Waals surface area (Å²) in [5, 5.41) is 3.63. The number of fused-ring (bicyclic) bond motifs is 4. The molecule has 168 valence electrons. The Morgan fingerprint density at radius 1 is 1.16 bits per heavy atom. The summed E-state index contributed by atoms with van der Waals surface area (Å²) in [7, 11) is 0. The Morgan fingerprint density at radius 3 is 2.84 bits per heavy atom. The number of rotatable bonds is 5. The molecule has 1 saturated heterocycles. The van der Waals surface area contributed by atoms with E-state index in [-0.39, 0.29) is 17.7 Å². The van der Waals surface area contributed by atoms with Crippen LogP contribution in [0, 0.1) is 0 Å². The standard InChI is InChI=1S/C24H28N4O3S/c1-24-14-13-21(30)28(24)18-10-6-5-8-16(18)22(31)27(24)15-7-12-20(29)26-23-25-17-9-3-2-4-11-19(17)32-23/h5-6,8,10H,2-4,7,9,11-15H2,1H3,(H,25,26,29). The van der Waals surface area contributed by atoms with Crippen LogP contribution in [0.25, 0.3) is 0 Å². The van der Waals surface area contributed by atoms with E-state index in [4.69, 9.17) is 0 Å². The Hall–Kier alpha value is -2.74. The maximum Gasteiger partial charge on any atom is 0.257 e. The highest BCUT2D eigenvalue weighted by atomic mass is 32.1. The minimum atomic E-state index is -0.675. The number of para-hydroxylation sites is 1. The predicted octanol–water partition coefficient (Wildman–Crippen LogP) is 4.13. The number of hydrogen-bond acceptors (Lipinski definition) is 5. The number of benzene rings is 1. The van der Waals surface area contributed by atoms with Crippen LogP contribution in [0.4, 0.5) is 10.8 Å². The fourth-order valence-corrected chi connectivity index (χ4v) is 6.27. The first-order valence-corrected chi connectivity index (χ1v) is 12.3. The maximum absolute atomic E-state index is 13.3. The molecule has 0 spiro atoms. The van der Waals surface area contributed by atoms with Crippen molar-refractivity contribution in [2.75, 3.05) is 16.8 Å². The summed E-state index contributed by atoms with van der Waals surface area (Å²) < 4.78 is 0. The van der Waals surface area contributed by atoms with Gasteiger partial charge in [-0.3, -0.25) is 19.3 Å². The summed E-state index contributed by atoms with van der Waals surface area (Å²) >= 11 is 1.59. The van der Waals surface area contributed by atoms with Crippen molar-refractivity contribution in [3.63, 3.8) is 0 Å². The lowest BCUT2D eigenvalue weighted by Crippen LogP contribution is -2.62. The summed E-state index contributed by atoms with van der Waals surface area (Å²) in [4.78, 5) is 47.9. The molecular weight excluding hydrogens is 424 g/mol. The Labute approximate surface area is 191 Å². The van der Waals surface area contributed by atoms with Crippen molar-refractivity contribution in [1.29, 1.82) is 0 Å². The highest BCUT2D eigenvalue weighted by Gasteiger charge is 2.52. The molecule has 1 N–H and O–H groups in total. The number of aromatic nitrogens is 1. The zero-order valence-electron chi connectivity index (χ0n) is 18.4. The van der Waals surface area contributed by atoms with Gasteiger partial charge in [-0.25, -0.2) is 4.98 Å². The van der Waals surface area contributed by atoms with Crippen molar-refractivity contribution in [2.24, 2.45) is 0 Å². The average Bonchev–Trinajstić information content (AvgIpc) is 3.21. The van der Waals surface area contributed by atoms with Gasteiger partial charge in [0.2, 0.25) is 11.8 Å². The summed E-state index contributed by atoms with van der Waals surface area (Å²) in [6, 6.07) is 7.29. The molecule has 3 heterocycles. The van der Waals surface area contributed by atoms with Gasteiger partial charge in [0.05, 0.1) is 16.9 Å². The minimum absolute atomic E-state index is 0.0405. The molecule has 3 aliphatic rings. The van der Waals surface area contributed by atoms with Crippen molar-refractivity contribution in [1.82, 2.24) is 9.88 Å². The van der Waals surface area contributed by atoms with Crippen LogP contribution in [0.15, 0.2) is 24.3 Å². The van der Waals surface area contributed by atoms with Gasteiger partial charge < -0.3 is 10.2 Å². The van der Waals surface area contributed by atoms with Gasteiger partial charge >= 0.3 is 0 Å². The van der Waals surface area contributed by atoms with Gasteiger partial charge in [-0.1, -0.05) is 18.6 Å². The number of nitrogens with one attached hydrogen (secondary N) is 1. The van der Waals surface area contributed by atoms with Crippen molar-refractivity contribution in [3.8, 4) is 0 Å². The van der Waals surface area contributed by atoms with E-state index in [1.165, 1.54) is 17.7 Å². The molecule has 8 heteroatoms. The molecule has 2 aliphatic heterocycles. The number of anilines is 2. The number of nitrogens with zero attached hydrogens (tertiary/aromatic N) is 3. The summed E-state index contributed by atoms with van der Waals surface area (Å²) in [6.45, 7) is 2.38. The number of carbonyl (C=O) groups is 3. The molecule has 7 nitrogen and oxygen atoms in total. The SMILES string of the molecule is CC12CCC(=O)N1c1ccccc1C(=O)N2CCCC(=O)Nc1nc2c(s1)CCCCC2. The van der Waals surface area contributed by atoms with E-state index in [1.54, 1.807) is 27.2 Å². The van der Waals surface area contributed by atoms with E-state index < -0.39 is 5.66 Å². The van der Waals surface area contributed by atoms with Gasteiger partial charge in [0.15, 0.2) is 5.13 Å². The smallest absolute Gasteiger partial charge is 0.257 e. The predicted molar refractivity (Wildman–Crippen MR) is 124 cm³/mol. The zero-order valence-corrected chi connectivity index (χ0v) is 19.2. The first kappa shape index (κ1) is 21.1. The molecule has 3 amide bonds. The zero-order chi connectivity index (χ0) is 22.3. The lowest BCUT2D eigenvalue weighted by atomic mass is 9.98. The van der Waals surface area contributed by atoms with E-state index in [9.17, 15) is 14.4 Å². The largest absolute Gasteiger partial charge is 0.315 e. The van der Waals surface area contributed by atoms with Gasteiger partial charge in [-0.2, -0.15) is 0 Å². The molecule has 1 unspecified atom stereocenters. The quantitative estimate of drug-likeness (QED) is 0.692. The van der Waals surface area contributed by atoms with Gasteiger partial charge in [0.25, 0.3) is 5.91 Å². The second-order valence-electron chi connectivity index (χ2n) is 9.02. The Bertz CT molecular complexity index is 1060. The van der Waals surface area contributed by atoms with Crippen molar-refractivity contribution in [2.45, 2.75) is 70.4 Å². The monoisotopic (exact) mass is 452 g/mol. The third-order valence-electron chi connectivity index (χ3n) is 6.87. The van der Waals surface area contributed by atoms with Gasteiger partial charge in [-0.05, 0) is 57.6 Å². The molecule has 0 bridgehead atoms. The molecule has 0 saturated carbocycles. The average molecular weight is 453 g/mol. The third-order valence-corrected chi connectivity index (χ3v) is 7.95. The first-order chi connectivity index (χ1) is 15.5. The van der Waals surface area contributed by atoms with Crippen molar-refractivity contribution < 1.29 is 14.4 Å². The molecule has 1 aromatic heterocycles. The second-order valence-corrected chi connectivity index (χ2v) is 10.1. The van der Waals surface area contributed by atoms with Gasteiger partial charge in [0.1, 0.15) is 5.66 Å². The van der Waals surface area contributed by atoms with Gasteiger partial charge in [0, 0.05) is 24.3 Å². The number of thiazole rings is 1. The minimum Gasteiger partial charge on any atom is -0.315 e. The van der Waals surface area contributed by atoms with Crippen molar-refractivity contribution in [3.05, 3.63) is 40.4 Å². The summed E-state index contributed by atoms with van der Waals surface area (Å²) in [5.74, 6) is -0.111. The number of carbonyl (C=O) groups excluding carboxylic acids is 3. The molecular formula is C24H28N4O3S. The maximum atomic E-state index is 13.3. The molecule has 1 atom stereocenters. The fourth-order valence-electron chi connectivity index (χ4n) is 5.20. The van der Waals surface area contributed by atoms with Crippen LogP contribution in [0.3, 0.4) is 0 Å². The summed E-state index contributed by atoms with van der Waals surface area (Å²) in [6.07, 6.45) is 7.49. The Balaban J connectivity index is 1.24. The molecule has 1 aliphatic carbocycles. The van der Waals surface area contributed by atoms with Crippen LogP contribution in [0.2, 0.25) is 0 Å². The lowest BCUT2D eigenvalue weighted by molar-refractivity contribution is -0.118. The number of hydrogen-bond donors (Lipinski definition) is 1. The normalized spacial score (nSPS) is 22.3. The highest BCUT2D eigenvalue weighted by Crippen LogP contribution is 2.44. The van der Waals surface area contributed by atoms with Crippen LogP contribution in [-0.4, -0.2) is 39.8 Å². The third kappa shape index (κ3) is 3.60. The fraction of sp³-hybridized carbons (Fsp3) is 0.500. The highest BCUT2D eigenvalue weighted by molar-refractivity contribution is 7.15. The van der Waals surface area contributed by atoms with Crippen LogP contribution in [0.1, 0.15) is 72.8 Å². The Morgan fingerprint density at radius 2 is 1.97 bits per heavy atom. The van der Waals surface area contributed by atoms with Crippen LogP contribution in [-0.2, 0) is 22.4 Å². The van der Waals surface area contributed by atoms with Crippen molar-refractivity contribution >= 4 is 39.9 Å².